The van der Waals surface area contributed by atoms with Gasteiger partial charge in [0.05, 0.1) is 23.0 Å². The van der Waals surface area contributed by atoms with Crippen LogP contribution in [0.1, 0.15) is 51.8 Å². The third-order valence-corrected chi connectivity index (χ3v) is 7.49. The Morgan fingerprint density at radius 3 is 2.44 bits per heavy atom. The zero-order chi connectivity index (χ0) is 22.2. The molecule has 1 aliphatic carbocycles. The van der Waals surface area contributed by atoms with Gasteiger partial charge < -0.3 is 0 Å². The first-order valence-corrected chi connectivity index (χ1v) is 12.2. The van der Waals surface area contributed by atoms with Crippen molar-refractivity contribution in [2.45, 2.75) is 32.2 Å². The van der Waals surface area contributed by atoms with E-state index in [1.807, 2.05) is 55.5 Å². The molecule has 2 unspecified atom stereocenters. The second kappa shape index (κ2) is 8.81. The van der Waals surface area contributed by atoms with Gasteiger partial charge in [-0.3, -0.25) is 4.79 Å². The fourth-order valence-electron chi connectivity index (χ4n) is 4.53. The van der Waals surface area contributed by atoms with Crippen LogP contribution in [0.5, 0.6) is 0 Å². The van der Waals surface area contributed by atoms with E-state index in [1.165, 1.54) is 16.9 Å². The summed E-state index contributed by atoms with van der Waals surface area (Å²) in [6.07, 6.45) is 5.14. The van der Waals surface area contributed by atoms with Gasteiger partial charge in [-0.25, -0.2) is 9.99 Å². The molecule has 2 atom stereocenters. The van der Waals surface area contributed by atoms with Crippen LogP contribution in [-0.4, -0.2) is 21.6 Å². The Kier molecular flexibility index (Phi) is 5.89. The van der Waals surface area contributed by atoms with Crippen LogP contribution >= 0.6 is 34.5 Å². The van der Waals surface area contributed by atoms with Crippen LogP contribution in [0.4, 0.5) is 0 Å². The topological polar surface area (TPSA) is 45.6 Å². The maximum absolute atomic E-state index is 13.6. The van der Waals surface area contributed by atoms with Crippen LogP contribution in [-0.2, 0) is 0 Å². The van der Waals surface area contributed by atoms with Gasteiger partial charge in [0.25, 0.3) is 5.91 Å². The van der Waals surface area contributed by atoms with Gasteiger partial charge in [-0.1, -0.05) is 47.5 Å². The molecule has 0 bridgehead atoms. The molecule has 3 aromatic rings. The Labute approximate surface area is 201 Å². The summed E-state index contributed by atoms with van der Waals surface area (Å²) >= 11 is 13.6. The first-order valence-electron chi connectivity index (χ1n) is 10.6. The predicted molar refractivity (Wildman–Crippen MR) is 131 cm³/mol. The number of hydrogen-bond donors (Lipinski definition) is 0. The number of halogens is 2. The van der Waals surface area contributed by atoms with Crippen LogP contribution in [0, 0.1) is 12.8 Å². The van der Waals surface area contributed by atoms with Gasteiger partial charge in [0.1, 0.15) is 4.88 Å². The van der Waals surface area contributed by atoms with Crippen LogP contribution in [0.25, 0.3) is 6.08 Å². The van der Waals surface area contributed by atoms with Gasteiger partial charge in [-0.15, -0.1) is 11.3 Å². The van der Waals surface area contributed by atoms with E-state index in [4.69, 9.17) is 28.3 Å². The van der Waals surface area contributed by atoms with Gasteiger partial charge in [0, 0.05) is 16.0 Å². The highest BCUT2D eigenvalue weighted by molar-refractivity contribution is 7.11. The Bertz CT molecular complexity index is 1210. The molecule has 162 valence electrons. The molecular formula is C25H21Cl2N3OS. The minimum atomic E-state index is -0.162. The SMILES string of the molecule is Cc1ncsc1C(=O)N1N=C2/C(=C/c3ccc(Cl)cc3)CCCC2C1c1ccc(Cl)cc1. The highest BCUT2D eigenvalue weighted by Crippen LogP contribution is 2.45. The Balaban J connectivity index is 1.58. The lowest BCUT2D eigenvalue weighted by Gasteiger charge is -2.29. The molecular weight excluding hydrogens is 461 g/mol. The summed E-state index contributed by atoms with van der Waals surface area (Å²) in [5.74, 6) is 0.0401. The van der Waals surface area contributed by atoms with E-state index in [9.17, 15) is 4.79 Å². The molecule has 1 fully saturated rings. The van der Waals surface area contributed by atoms with Crippen molar-refractivity contribution in [2.75, 3.05) is 0 Å². The molecule has 2 aromatic carbocycles. The second-order valence-electron chi connectivity index (χ2n) is 8.12. The molecule has 0 saturated heterocycles. The molecule has 0 radical (unpaired) electrons. The van der Waals surface area contributed by atoms with Crippen LogP contribution in [0.2, 0.25) is 10.0 Å². The summed E-state index contributed by atoms with van der Waals surface area (Å²) in [5.41, 5.74) is 6.75. The fourth-order valence-corrected chi connectivity index (χ4v) is 5.52. The number of amides is 1. The van der Waals surface area contributed by atoms with E-state index in [0.29, 0.717) is 14.9 Å². The lowest BCUT2D eigenvalue weighted by molar-refractivity contribution is 0.0685. The second-order valence-corrected chi connectivity index (χ2v) is 9.85. The number of aromatic nitrogens is 1. The highest BCUT2D eigenvalue weighted by Gasteiger charge is 2.44. The number of rotatable bonds is 3. The summed E-state index contributed by atoms with van der Waals surface area (Å²) < 4.78 is 0. The molecule has 1 aliphatic heterocycles. The summed E-state index contributed by atoms with van der Waals surface area (Å²) in [5, 5.41) is 8.00. The summed E-state index contributed by atoms with van der Waals surface area (Å²) in [6.45, 7) is 1.86. The number of hydrogen-bond acceptors (Lipinski definition) is 4. The highest BCUT2D eigenvalue weighted by atomic mass is 35.5. The molecule has 32 heavy (non-hydrogen) atoms. The van der Waals surface area contributed by atoms with Gasteiger partial charge >= 0.3 is 0 Å². The van der Waals surface area contributed by atoms with Crippen LogP contribution in [0.15, 0.2) is 64.7 Å². The average molecular weight is 482 g/mol. The first kappa shape index (κ1) is 21.4. The molecule has 1 aromatic heterocycles. The van der Waals surface area contributed by atoms with Crippen molar-refractivity contribution in [3.05, 3.63) is 91.4 Å². The van der Waals surface area contributed by atoms with Crippen LogP contribution in [0.3, 0.4) is 0 Å². The van der Waals surface area contributed by atoms with E-state index in [0.717, 1.165) is 41.8 Å². The third-order valence-electron chi connectivity index (χ3n) is 6.07. The minimum Gasteiger partial charge on any atom is -0.266 e. The molecule has 2 heterocycles. The van der Waals surface area contributed by atoms with E-state index in [2.05, 4.69) is 11.1 Å². The summed E-state index contributed by atoms with van der Waals surface area (Å²) in [6, 6.07) is 15.4. The number of aryl methyl sites for hydroxylation is 1. The number of nitrogens with zero attached hydrogens (tertiary/aromatic N) is 3. The Morgan fingerprint density at radius 2 is 1.78 bits per heavy atom. The monoisotopic (exact) mass is 481 g/mol. The number of allylic oxidation sites excluding steroid dienone is 1. The molecule has 0 N–H and O–H groups in total. The van der Waals surface area contributed by atoms with E-state index in [1.54, 1.807) is 10.5 Å². The number of thiazole rings is 1. The largest absolute Gasteiger partial charge is 0.286 e. The molecule has 1 amide bonds. The summed E-state index contributed by atoms with van der Waals surface area (Å²) in [7, 11) is 0. The zero-order valence-corrected chi connectivity index (χ0v) is 19.8. The molecule has 0 spiro atoms. The smallest absolute Gasteiger partial charge is 0.266 e. The number of carbonyl (C=O) groups is 1. The van der Waals surface area contributed by atoms with Crippen molar-refractivity contribution in [3.8, 4) is 0 Å². The lowest BCUT2D eigenvalue weighted by Crippen LogP contribution is -2.31. The maximum Gasteiger partial charge on any atom is 0.286 e. The van der Waals surface area contributed by atoms with E-state index < -0.39 is 0 Å². The van der Waals surface area contributed by atoms with Crippen molar-refractivity contribution < 1.29 is 4.79 Å². The molecule has 7 heteroatoms. The Hall–Kier alpha value is -2.47. The van der Waals surface area contributed by atoms with Gasteiger partial charge in [0.15, 0.2) is 0 Å². The summed E-state index contributed by atoms with van der Waals surface area (Å²) in [4.78, 5) is 18.5. The first-order chi connectivity index (χ1) is 15.5. The molecule has 1 saturated carbocycles. The normalized spacial score (nSPS) is 21.5. The molecule has 2 aliphatic rings. The molecule has 5 rings (SSSR count). The number of fused-ring (bicyclic) bond motifs is 1. The van der Waals surface area contributed by atoms with Crippen molar-refractivity contribution in [2.24, 2.45) is 11.0 Å². The zero-order valence-electron chi connectivity index (χ0n) is 17.5. The van der Waals surface area contributed by atoms with Gasteiger partial charge in [-0.2, -0.15) is 5.10 Å². The van der Waals surface area contributed by atoms with Crippen LogP contribution < -0.4 is 0 Å². The average Bonchev–Trinajstić information content (AvgIpc) is 3.40. The third kappa shape index (κ3) is 4.01. The number of benzene rings is 2. The number of carbonyl (C=O) groups excluding carboxylic acids is 1. The number of hydrazone groups is 1. The van der Waals surface area contributed by atoms with Gasteiger partial charge in [0.2, 0.25) is 0 Å². The van der Waals surface area contributed by atoms with Crippen molar-refractivity contribution in [3.63, 3.8) is 0 Å². The quantitative estimate of drug-likeness (QED) is 0.397. The maximum atomic E-state index is 13.6. The predicted octanol–water partition coefficient (Wildman–Crippen LogP) is 7.20. The standard InChI is InChI=1S/C25H21Cl2N3OS/c1-15-24(32-14-28-15)25(31)30-23(17-7-11-20(27)12-8-17)21-4-2-3-18(22(21)29-30)13-16-5-9-19(26)10-6-16/h5-14,21,23H,2-4H2,1H3/b18-13+. The lowest BCUT2D eigenvalue weighted by atomic mass is 9.77. The van der Waals surface area contributed by atoms with Crippen molar-refractivity contribution in [1.82, 2.24) is 9.99 Å². The fraction of sp³-hybridized carbons (Fsp3) is 0.240. The molecule has 4 nitrogen and oxygen atoms in total. The van der Waals surface area contributed by atoms with E-state index in [-0.39, 0.29) is 17.9 Å². The minimum absolute atomic E-state index is 0.0994. The van der Waals surface area contributed by atoms with Gasteiger partial charge in [-0.05, 0) is 73.2 Å². The van der Waals surface area contributed by atoms with Crippen molar-refractivity contribution >= 4 is 52.2 Å². The van der Waals surface area contributed by atoms with Crippen molar-refractivity contribution in [1.29, 1.82) is 0 Å². The van der Waals surface area contributed by atoms with E-state index >= 15 is 0 Å². The Morgan fingerprint density at radius 1 is 1.09 bits per heavy atom.